The summed E-state index contributed by atoms with van der Waals surface area (Å²) in [6.45, 7) is 0.670. The van der Waals surface area contributed by atoms with Crippen LogP contribution in [0.25, 0.3) is 10.8 Å². The third kappa shape index (κ3) is 5.13. The minimum Gasteiger partial charge on any atom is -0.396 e. The average Bonchev–Trinajstić information content (AvgIpc) is 2.72. The third-order valence-electron chi connectivity index (χ3n) is 4.59. The van der Waals surface area contributed by atoms with Gasteiger partial charge in [-0.25, -0.2) is 9.18 Å². The molecule has 3 aromatic rings. The number of hydrogen-bond donors (Lipinski definition) is 3. The van der Waals surface area contributed by atoms with Crippen LogP contribution < -0.4 is 10.9 Å². The summed E-state index contributed by atoms with van der Waals surface area (Å²) >= 11 is 5.77. The Morgan fingerprint density at radius 1 is 1.17 bits per heavy atom. The molecule has 0 saturated heterocycles. The van der Waals surface area contributed by atoms with Crippen LogP contribution in [0.4, 0.5) is 14.9 Å². The molecule has 0 aliphatic rings. The number of aromatic amines is 1. The zero-order valence-electron chi connectivity index (χ0n) is 15.6. The van der Waals surface area contributed by atoms with E-state index in [0.29, 0.717) is 37.0 Å². The van der Waals surface area contributed by atoms with Gasteiger partial charge in [0.1, 0.15) is 5.82 Å². The molecule has 0 saturated carbocycles. The number of amides is 2. The predicted molar refractivity (Wildman–Crippen MR) is 112 cm³/mol. The third-order valence-corrected chi connectivity index (χ3v) is 4.88. The molecule has 0 fully saturated rings. The molecule has 0 spiro atoms. The molecule has 0 unspecified atom stereocenters. The van der Waals surface area contributed by atoms with Gasteiger partial charge in [-0.15, -0.1) is 0 Å². The Bertz CT molecular complexity index is 1070. The number of pyridine rings is 1. The lowest BCUT2D eigenvalue weighted by atomic mass is 10.1. The number of fused-ring (bicyclic) bond motifs is 1. The summed E-state index contributed by atoms with van der Waals surface area (Å²) in [6.07, 6.45) is 2.59. The Hall–Kier alpha value is -2.90. The number of rotatable bonds is 7. The fourth-order valence-corrected chi connectivity index (χ4v) is 3.26. The molecular formula is C21H21ClFN3O3. The van der Waals surface area contributed by atoms with Crippen molar-refractivity contribution in [3.8, 4) is 0 Å². The van der Waals surface area contributed by atoms with Crippen molar-refractivity contribution in [2.24, 2.45) is 0 Å². The first-order valence-corrected chi connectivity index (χ1v) is 9.58. The molecular weight excluding hydrogens is 397 g/mol. The molecule has 0 atom stereocenters. The molecule has 1 heterocycles. The smallest absolute Gasteiger partial charge is 0.321 e. The Kier molecular flexibility index (Phi) is 6.85. The van der Waals surface area contributed by atoms with Gasteiger partial charge in [0, 0.05) is 37.0 Å². The number of carbonyl (C=O) groups excluding carboxylic acids is 1. The first-order valence-electron chi connectivity index (χ1n) is 9.20. The van der Waals surface area contributed by atoms with Crippen LogP contribution in [0, 0.1) is 5.82 Å². The van der Waals surface area contributed by atoms with Gasteiger partial charge in [0.25, 0.3) is 5.56 Å². The maximum absolute atomic E-state index is 13.3. The molecule has 8 heteroatoms. The summed E-state index contributed by atoms with van der Waals surface area (Å²) < 4.78 is 13.3. The Balaban J connectivity index is 1.75. The molecule has 2 amide bonds. The van der Waals surface area contributed by atoms with Crippen LogP contribution in [0.3, 0.4) is 0 Å². The highest BCUT2D eigenvalue weighted by atomic mass is 35.5. The first kappa shape index (κ1) is 20.8. The number of nitrogens with zero attached hydrogens (tertiary/aromatic N) is 1. The molecule has 29 heavy (non-hydrogen) atoms. The number of H-pyrrole nitrogens is 1. The molecule has 3 rings (SSSR count). The molecule has 0 bridgehead atoms. The number of aliphatic hydroxyl groups is 1. The van der Waals surface area contributed by atoms with Crippen molar-refractivity contribution in [1.29, 1.82) is 0 Å². The van der Waals surface area contributed by atoms with Gasteiger partial charge in [-0.05, 0) is 48.1 Å². The lowest BCUT2D eigenvalue weighted by Crippen LogP contribution is -2.37. The van der Waals surface area contributed by atoms with Crippen LogP contribution >= 0.6 is 11.6 Å². The topological polar surface area (TPSA) is 85.4 Å². The number of nitrogens with one attached hydrogen (secondary N) is 2. The first-order chi connectivity index (χ1) is 14.0. The van der Waals surface area contributed by atoms with E-state index in [4.69, 9.17) is 16.7 Å². The summed E-state index contributed by atoms with van der Waals surface area (Å²) in [5.41, 5.74) is 1.13. The van der Waals surface area contributed by atoms with Crippen LogP contribution in [0.1, 0.15) is 12.0 Å². The van der Waals surface area contributed by atoms with Crippen LogP contribution in [0.5, 0.6) is 0 Å². The molecule has 0 aliphatic carbocycles. The minimum atomic E-state index is -0.563. The molecule has 152 valence electrons. The van der Waals surface area contributed by atoms with Gasteiger partial charge in [-0.2, -0.15) is 0 Å². The van der Waals surface area contributed by atoms with Crippen molar-refractivity contribution in [2.45, 2.75) is 12.8 Å². The maximum atomic E-state index is 13.3. The Labute approximate surface area is 171 Å². The lowest BCUT2D eigenvalue weighted by Gasteiger charge is -2.23. The van der Waals surface area contributed by atoms with E-state index in [1.807, 2.05) is 12.1 Å². The van der Waals surface area contributed by atoms with Crippen molar-refractivity contribution in [1.82, 2.24) is 9.88 Å². The van der Waals surface area contributed by atoms with Crippen molar-refractivity contribution >= 4 is 34.1 Å². The van der Waals surface area contributed by atoms with Crippen molar-refractivity contribution < 1.29 is 14.3 Å². The van der Waals surface area contributed by atoms with Gasteiger partial charge < -0.3 is 20.3 Å². The standard InChI is InChI=1S/C21H21ClFN3O3/c22-18-12-15(6-7-19(18)23)25-21(29)26(9-3-11-27)10-8-14-13-24-20(28)17-5-2-1-4-16(14)17/h1-2,4-7,12-13,27H,3,8-11H2,(H,24,28)(H,25,29). The van der Waals surface area contributed by atoms with Gasteiger partial charge >= 0.3 is 6.03 Å². The maximum Gasteiger partial charge on any atom is 0.321 e. The molecule has 3 N–H and O–H groups in total. The number of carbonyl (C=O) groups is 1. The van der Waals surface area contributed by atoms with E-state index < -0.39 is 5.82 Å². The summed E-state index contributed by atoms with van der Waals surface area (Å²) in [6, 6.07) is 10.9. The van der Waals surface area contributed by atoms with E-state index in [2.05, 4.69) is 10.3 Å². The van der Waals surface area contributed by atoms with E-state index in [0.717, 1.165) is 10.9 Å². The highest BCUT2D eigenvalue weighted by Gasteiger charge is 2.15. The van der Waals surface area contributed by atoms with E-state index in [1.54, 1.807) is 23.2 Å². The number of urea groups is 1. The number of aliphatic hydroxyl groups excluding tert-OH is 1. The fourth-order valence-electron chi connectivity index (χ4n) is 3.08. The zero-order chi connectivity index (χ0) is 20.8. The highest BCUT2D eigenvalue weighted by Crippen LogP contribution is 2.20. The van der Waals surface area contributed by atoms with Crippen LogP contribution in [0.15, 0.2) is 53.5 Å². The average molecular weight is 418 g/mol. The number of aromatic nitrogens is 1. The Morgan fingerprint density at radius 2 is 1.93 bits per heavy atom. The van der Waals surface area contributed by atoms with Gasteiger partial charge in [-0.3, -0.25) is 4.79 Å². The molecule has 0 radical (unpaired) electrons. The summed E-state index contributed by atoms with van der Waals surface area (Å²) in [5.74, 6) is -0.563. The van der Waals surface area contributed by atoms with Crippen molar-refractivity contribution in [3.05, 3.63) is 75.4 Å². The van der Waals surface area contributed by atoms with Crippen LogP contribution in [0.2, 0.25) is 5.02 Å². The van der Waals surface area contributed by atoms with E-state index >= 15 is 0 Å². The van der Waals surface area contributed by atoms with E-state index in [-0.39, 0.29) is 23.2 Å². The minimum absolute atomic E-state index is 0.0479. The van der Waals surface area contributed by atoms with Crippen LogP contribution in [-0.4, -0.2) is 40.7 Å². The fraction of sp³-hybridized carbons (Fsp3) is 0.238. The van der Waals surface area contributed by atoms with Crippen LogP contribution in [-0.2, 0) is 6.42 Å². The van der Waals surface area contributed by atoms with Crippen molar-refractivity contribution in [3.63, 3.8) is 0 Å². The van der Waals surface area contributed by atoms with Crippen molar-refractivity contribution in [2.75, 3.05) is 25.0 Å². The molecule has 6 nitrogen and oxygen atoms in total. The van der Waals surface area contributed by atoms with E-state index in [1.165, 1.54) is 18.2 Å². The predicted octanol–water partition coefficient (Wildman–Crippen LogP) is 3.78. The normalized spacial score (nSPS) is 10.9. The molecule has 2 aromatic carbocycles. The van der Waals surface area contributed by atoms with Gasteiger partial charge in [0.05, 0.1) is 5.02 Å². The monoisotopic (exact) mass is 417 g/mol. The second-order valence-electron chi connectivity index (χ2n) is 6.56. The lowest BCUT2D eigenvalue weighted by molar-refractivity contribution is 0.202. The number of benzene rings is 2. The second kappa shape index (κ2) is 9.54. The highest BCUT2D eigenvalue weighted by molar-refractivity contribution is 6.31. The molecule has 1 aromatic heterocycles. The van der Waals surface area contributed by atoms with E-state index in [9.17, 15) is 14.0 Å². The van der Waals surface area contributed by atoms with Gasteiger partial charge in [0.2, 0.25) is 0 Å². The largest absolute Gasteiger partial charge is 0.396 e. The quantitative estimate of drug-likeness (QED) is 0.547. The zero-order valence-corrected chi connectivity index (χ0v) is 16.4. The second-order valence-corrected chi connectivity index (χ2v) is 6.97. The number of hydrogen-bond acceptors (Lipinski definition) is 3. The van der Waals surface area contributed by atoms with Gasteiger partial charge in [0.15, 0.2) is 0 Å². The summed E-state index contributed by atoms with van der Waals surface area (Å²) in [5, 5.41) is 13.2. The Morgan fingerprint density at radius 3 is 2.66 bits per heavy atom. The van der Waals surface area contributed by atoms with Gasteiger partial charge in [-0.1, -0.05) is 29.8 Å². The summed E-state index contributed by atoms with van der Waals surface area (Å²) in [7, 11) is 0. The summed E-state index contributed by atoms with van der Waals surface area (Å²) in [4.78, 5) is 29.0. The number of halogens is 2. The number of anilines is 1. The SMILES string of the molecule is O=C(Nc1ccc(F)c(Cl)c1)N(CCCO)CCc1c[nH]c(=O)c2ccccc12. The molecule has 0 aliphatic heterocycles.